The van der Waals surface area contributed by atoms with E-state index in [2.05, 4.69) is 5.32 Å². The maximum Gasteiger partial charge on any atom is 0.416 e. The largest absolute Gasteiger partial charge is 0.416 e. The summed E-state index contributed by atoms with van der Waals surface area (Å²) in [6, 6.07) is 5.16. The van der Waals surface area contributed by atoms with Crippen molar-refractivity contribution in [1.29, 1.82) is 0 Å². The van der Waals surface area contributed by atoms with Gasteiger partial charge in [-0.1, -0.05) is 6.07 Å². The Morgan fingerprint density at radius 1 is 0.920 bits per heavy atom. The monoisotopic (exact) mass is 362 g/mol. The van der Waals surface area contributed by atoms with E-state index in [9.17, 15) is 31.1 Å². The summed E-state index contributed by atoms with van der Waals surface area (Å²) in [4.78, 5) is 12.1. The summed E-state index contributed by atoms with van der Waals surface area (Å²) in [6.45, 7) is 1.73. The van der Waals surface area contributed by atoms with E-state index in [1.165, 1.54) is 12.1 Å². The second-order valence-electron chi connectivity index (χ2n) is 5.34. The lowest BCUT2D eigenvalue weighted by Gasteiger charge is -2.14. The topological polar surface area (TPSA) is 55.1 Å². The number of anilines is 2. The Balaban J connectivity index is 2.44. The van der Waals surface area contributed by atoms with Crippen molar-refractivity contribution >= 4 is 17.3 Å². The van der Waals surface area contributed by atoms with Crippen LogP contribution in [0.3, 0.4) is 0 Å². The van der Waals surface area contributed by atoms with Gasteiger partial charge in [-0.15, -0.1) is 0 Å². The molecule has 1 amide bonds. The molecule has 0 heterocycles. The second-order valence-corrected chi connectivity index (χ2v) is 5.34. The van der Waals surface area contributed by atoms with Crippen molar-refractivity contribution < 1.29 is 31.1 Å². The number of benzene rings is 2. The first-order valence-corrected chi connectivity index (χ1v) is 6.85. The first-order valence-electron chi connectivity index (χ1n) is 6.85. The van der Waals surface area contributed by atoms with Crippen molar-refractivity contribution in [2.45, 2.75) is 19.3 Å². The Kier molecular flexibility index (Phi) is 4.70. The van der Waals surface area contributed by atoms with Crippen LogP contribution in [0, 0.1) is 6.92 Å². The van der Waals surface area contributed by atoms with Crippen LogP contribution in [0.1, 0.15) is 27.0 Å². The van der Waals surface area contributed by atoms with Gasteiger partial charge in [0.15, 0.2) is 0 Å². The average molecular weight is 362 g/mol. The highest BCUT2D eigenvalue weighted by Gasteiger charge is 2.37. The number of nitrogens with one attached hydrogen (secondary N) is 1. The van der Waals surface area contributed by atoms with Crippen molar-refractivity contribution in [2.75, 3.05) is 11.1 Å². The zero-order chi connectivity index (χ0) is 19.0. The molecule has 0 atom stereocenters. The van der Waals surface area contributed by atoms with Crippen molar-refractivity contribution in [1.82, 2.24) is 0 Å². The van der Waals surface area contributed by atoms with E-state index in [0.29, 0.717) is 12.1 Å². The van der Waals surface area contributed by atoms with E-state index in [0.717, 1.165) is 5.56 Å². The molecule has 0 saturated carbocycles. The third-order valence-corrected chi connectivity index (χ3v) is 3.31. The summed E-state index contributed by atoms with van der Waals surface area (Å²) in [5.74, 6) is -1.13. The number of nitrogens with two attached hydrogens (primary N) is 1. The molecule has 0 fully saturated rings. The molecular formula is C16H12F6N2O. The standard InChI is InChI=1S/C16H12F6N2O/c1-8-2-3-13(12(23)4-8)24-14(25)9-5-10(15(17,18)19)7-11(6-9)16(20,21)22/h2-7H,23H2,1H3,(H,24,25). The number of hydrogen-bond donors (Lipinski definition) is 2. The number of hydrogen-bond acceptors (Lipinski definition) is 2. The Labute approximate surface area is 138 Å². The molecule has 134 valence electrons. The van der Waals surface area contributed by atoms with Crippen molar-refractivity contribution in [3.8, 4) is 0 Å². The maximum absolute atomic E-state index is 12.8. The van der Waals surface area contributed by atoms with Crippen molar-refractivity contribution in [3.63, 3.8) is 0 Å². The molecule has 0 aliphatic rings. The lowest BCUT2D eigenvalue weighted by molar-refractivity contribution is -0.143. The van der Waals surface area contributed by atoms with E-state index < -0.39 is 35.0 Å². The quantitative estimate of drug-likeness (QED) is 0.592. The molecule has 0 saturated heterocycles. The van der Waals surface area contributed by atoms with Crippen LogP contribution in [0.25, 0.3) is 0 Å². The first kappa shape index (κ1) is 18.6. The summed E-state index contributed by atoms with van der Waals surface area (Å²) in [5.41, 5.74) is 2.76. The summed E-state index contributed by atoms with van der Waals surface area (Å²) in [7, 11) is 0. The summed E-state index contributed by atoms with van der Waals surface area (Å²) >= 11 is 0. The third-order valence-electron chi connectivity index (χ3n) is 3.31. The number of carbonyl (C=O) groups is 1. The number of halogens is 6. The van der Waals surface area contributed by atoms with Gasteiger partial charge < -0.3 is 11.1 Å². The Morgan fingerprint density at radius 3 is 1.88 bits per heavy atom. The number of amides is 1. The van der Waals surface area contributed by atoms with E-state index in [4.69, 9.17) is 5.73 Å². The zero-order valence-corrected chi connectivity index (χ0v) is 12.7. The fourth-order valence-electron chi connectivity index (χ4n) is 2.08. The molecule has 2 rings (SSSR count). The summed E-state index contributed by atoms with van der Waals surface area (Å²) in [6.07, 6.45) is -10.1. The van der Waals surface area contributed by atoms with E-state index in [1.807, 2.05) is 0 Å². The van der Waals surface area contributed by atoms with Gasteiger partial charge in [0.05, 0.1) is 22.5 Å². The highest BCUT2D eigenvalue weighted by Crippen LogP contribution is 2.36. The van der Waals surface area contributed by atoms with Gasteiger partial charge in [-0.3, -0.25) is 4.79 Å². The van der Waals surface area contributed by atoms with Crippen LogP contribution in [0.4, 0.5) is 37.7 Å². The van der Waals surface area contributed by atoms with Gasteiger partial charge in [-0.05, 0) is 42.8 Å². The molecule has 0 aliphatic carbocycles. The van der Waals surface area contributed by atoms with Crippen LogP contribution >= 0.6 is 0 Å². The fraction of sp³-hybridized carbons (Fsp3) is 0.188. The van der Waals surface area contributed by atoms with Crippen molar-refractivity contribution in [2.24, 2.45) is 0 Å². The van der Waals surface area contributed by atoms with Gasteiger partial charge in [0.2, 0.25) is 0 Å². The maximum atomic E-state index is 12.8. The Hall–Kier alpha value is -2.71. The van der Waals surface area contributed by atoms with Gasteiger partial charge in [-0.2, -0.15) is 26.3 Å². The molecule has 0 aliphatic heterocycles. The molecule has 25 heavy (non-hydrogen) atoms. The molecule has 3 N–H and O–H groups in total. The summed E-state index contributed by atoms with van der Waals surface area (Å²) in [5, 5.41) is 2.21. The molecular weight excluding hydrogens is 350 g/mol. The van der Waals surface area contributed by atoms with Crippen LogP contribution in [0.15, 0.2) is 36.4 Å². The molecule has 0 radical (unpaired) electrons. The van der Waals surface area contributed by atoms with Crippen LogP contribution < -0.4 is 11.1 Å². The predicted molar refractivity (Wildman–Crippen MR) is 80.0 cm³/mol. The normalized spacial score (nSPS) is 12.1. The molecule has 0 bridgehead atoms. The molecule has 9 heteroatoms. The van der Waals surface area contributed by atoms with E-state index in [1.54, 1.807) is 13.0 Å². The lowest BCUT2D eigenvalue weighted by Crippen LogP contribution is -2.17. The van der Waals surface area contributed by atoms with Gasteiger partial charge in [0.25, 0.3) is 5.91 Å². The number of carbonyl (C=O) groups excluding carboxylic acids is 1. The third kappa shape index (κ3) is 4.43. The van der Waals surface area contributed by atoms with E-state index in [-0.39, 0.29) is 17.4 Å². The molecule has 3 nitrogen and oxygen atoms in total. The minimum absolute atomic E-state index is 0.0446. The Bertz CT molecular complexity index is 779. The molecule has 0 aromatic heterocycles. The zero-order valence-electron chi connectivity index (χ0n) is 12.7. The second kappa shape index (κ2) is 6.30. The Morgan fingerprint density at radius 2 is 1.44 bits per heavy atom. The first-order chi connectivity index (χ1) is 11.4. The number of rotatable bonds is 2. The number of nitrogen functional groups attached to an aromatic ring is 1. The fourth-order valence-corrected chi connectivity index (χ4v) is 2.08. The lowest BCUT2D eigenvalue weighted by atomic mass is 10.0. The molecule has 2 aromatic rings. The van der Waals surface area contributed by atoms with Gasteiger partial charge in [0.1, 0.15) is 0 Å². The minimum atomic E-state index is -5.03. The average Bonchev–Trinajstić information content (AvgIpc) is 2.47. The highest BCUT2D eigenvalue weighted by molar-refractivity contribution is 6.06. The SMILES string of the molecule is Cc1ccc(NC(=O)c2cc(C(F)(F)F)cc(C(F)(F)F)c2)c(N)c1. The minimum Gasteiger partial charge on any atom is -0.397 e. The van der Waals surface area contributed by atoms with Crippen LogP contribution in [0.5, 0.6) is 0 Å². The summed E-state index contributed by atoms with van der Waals surface area (Å²) < 4.78 is 76.9. The molecule has 0 spiro atoms. The van der Waals surface area contributed by atoms with Gasteiger partial charge >= 0.3 is 12.4 Å². The number of alkyl halides is 6. The van der Waals surface area contributed by atoms with Gasteiger partial charge in [0, 0.05) is 5.56 Å². The van der Waals surface area contributed by atoms with Crippen LogP contribution in [-0.2, 0) is 12.4 Å². The molecule has 2 aromatic carbocycles. The van der Waals surface area contributed by atoms with Gasteiger partial charge in [-0.25, -0.2) is 0 Å². The number of aryl methyl sites for hydroxylation is 1. The highest BCUT2D eigenvalue weighted by atomic mass is 19.4. The van der Waals surface area contributed by atoms with Crippen molar-refractivity contribution in [3.05, 3.63) is 58.7 Å². The smallest absolute Gasteiger partial charge is 0.397 e. The van der Waals surface area contributed by atoms with Crippen LogP contribution in [0.2, 0.25) is 0 Å². The van der Waals surface area contributed by atoms with E-state index >= 15 is 0 Å². The van der Waals surface area contributed by atoms with Crippen LogP contribution in [-0.4, -0.2) is 5.91 Å². The molecule has 0 unspecified atom stereocenters. The predicted octanol–water partition coefficient (Wildman–Crippen LogP) is 4.87.